The molecule has 0 atom stereocenters. The molecule has 1 aliphatic rings. The lowest BCUT2D eigenvalue weighted by molar-refractivity contribution is 0.274. The Hall–Kier alpha value is -1.19. The molecular formula is C14H16N2S. The number of benzene rings is 1. The van der Waals surface area contributed by atoms with Crippen LogP contribution in [-0.2, 0) is 11.8 Å². The Kier molecular flexibility index (Phi) is 2.73. The van der Waals surface area contributed by atoms with E-state index in [2.05, 4.69) is 46.9 Å². The molecule has 0 spiro atoms. The summed E-state index contributed by atoms with van der Waals surface area (Å²) >= 11 is 1.76. The van der Waals surface area contributed by atoms with Crippen LogP contribution in [0, 0.1) is 6.92 Å². The molecule has 0 unspecified atom stereocenters. The third kappa shape index (κ3) is 2.01. The average molecular weight is 244 g/mol. The van der Waals surface area contributed by atoms with Crippen molar-refractivity contribution in [1.82, 2.24) is 10.3 Å². The number of hydrogen-bond donors (Lipinski definition) is 1. The lowest BCUT2D eigenvalue weighted by Gasteiger charge is -2.43. The predicted octanol–water partition coefficient (Wildman–Crippen LogP) is 2.54. The Bertz CT molecular complexity index is 501. The van der Waals surface area contributed by atoms with E-state index in [1.54, 1.807) is 11.3 Å². The molecule has 1 aromatic carbocycles. The monoisotopic (exact) mass is 244 g/mol. The summed E-state index contributed by atoms with van der Waals surface area (Å²) in [7, 11) is 0. The minimum absolute atomic E-state index is 0.268. The third-order valence-electron chi connectivity index (χ3n) is 3.53. The molecule has 17 heavy (non-hydrogen) atoms. The summed E-state index contributed by atoms with van der Waals surface area (Å²) in [6.07, 6.45) is 2.96. The zero-order chi connectivity index (χ0) is 11.7. The summed E-state index contributed by atoms with van der Waals surface area (Å²) in [4.78, 5) is 4.42. The van der Waals surface area contributed by atoms with Crippen molar-refractivity contribution in [2.45, 2.75) is 18.8 Å². The van der Waals surface area contributed by atoms with Gasteiger partial charge in [0.1, 0.15) is 0 Å². The van der Waals surface area contributed by atoms with Crippen LogP contribution in [0.4, 0.5) is 0 Å². The highest BCUT2D eigenvalue weighted by molar-refractivity contribution is 7.09. The van der Waals surface area contributed by atoms with Gasteiger partial charge in [-0.2, -0.15) is 0 Å². The van der Waals surface area contributed by atoms with Gasteiger partial charge in [0.25, 0.3) is 0 Å². The molecular weight excluding hydrogens is 228 g/mol. The Morgan fingerprint density at radius 3 is 2.88 bits per heavy atom. The maximum Gasteiger partial charge on any atom is 0.0934 e. The van der Waals surface area contributed by atoms with Gasteiger partial charge in [-0.05, 0) is 12.5 Å². The van der Waals surface area contributed by atoms with Crippen LogP contribution in [0.1, 0.15) is 16.1 Å². The highest BCUT2D eigenvalue weighted by Gasteiger charge is 2.39. The van der Waals surface area contributed by atoms with E-state index in [-0.39, 0.29) is 5.41 Å². The summed E-state index contributed by atoms with van der Waals surface area (Å²) in [5, 5.41) is 6.71. The van der Waals surface area contributed by atoms with Gasteiger partial charge >= 0.3 is 0 Å². The zero-order valence-electron chi connectivity index (χ0n) is 9.94. The van der Waals surface area contributed by atoms with Crippen LogP contribution in [-0.4, -0.2) is 18.1 Å². The van der Waals surface area contributed by atoms with Crippen LogP contribution in [0.3, 0.4) is 0 Å². The van der Waals surface area contributed by atoms with Gasteiger partial charge in [0.2, 0.25) is 0 Å². The first-order valence-corrected chi connectivity index (χ1v) is 6.83. The number of hydrogen-bond acceptors (Lipinski definition) is 3. The van der Waals surface area contributed by atoms with Crippen molar-refractivity contribution in [3.63, 3.8) is 0 Å². The van der Waals surface area contributed by atoms with E-state index >= 15 is 0 Å². The van der Waals surface area contributed by atoms with E-state index in [0.717, 1.165) is 19.5 Å². The molecule has 88 valence electrons. The van der Waals surface area contributed by atoms with Crippen molar-refractivity contribution in [1.29, 1.82) is 0 Å². The summed E-state index contributed by atoms with van der Waals surface area (Å²) in [6, 6.07) is 8.88. The molecule has 1 fully saturated rings. The summed E-state index contributed by atoms with van der Waals surface area (Å²) in [6.45, 7) is 4.29. The van der Waals surface area contributed by atoms with Gasteiger partial charge in [-0.15, -0.1) is 11.3 Å². The maximum absolute atomic E-state index is 4.42. The highest BCUT2D eigenvalue weighted by Crippen LogP contribution is 2.33. The van der Waals surface area contributed by atoms with E-state index in [9.17, 15) is 0 Å². The predicted molar refractivity (Wildman–Crippen MR) is 71.5 cm³/mol. The van der Waals surface area contributed by atoms with Crippen LogP contribution >= 0.6 is 11.3 Å². The first kappa shape index (κ1) is 10.9. The van der Waals surface area contributed by atoms with Gasteiger partial charge in [-0.1, -0.05) is 29.8 Å². The van der Waals surface area contributed by atoms with Crippen molar-refractivity contribution in [3.8, 4) is 0 Å². The fourth-order valence-electron chi connectivity index (χ4n) is 2.46. The average Bonchev–Trinajstić information content (AvgIpc) is 2.76. The molecule has 3 rings (SSSR count). The number of nitrogens with zero attached hydrogens (tertiary/aromatic N) is 1. The highest BCUT2D eigenvalue weighted by atomic mass is 32.1. The van der Waals surface area contributed by atoms with E-state index in [4.69, 9.17) is 0 Å². The number of aromatic nitrogens is 1. The normalized spacial score (nSPS) is 17.7. The van der Waals surface area contributed by atoms with E-state index in [1.807, 2.05) is 6.20 Å². The third-order valence-corrected chi connectivity index (χ3v) is 4.31. The molecule has 0 amide bonds. The first-order valence-electron chi connectivity index (χ1n) is 5.95. The second kappa shape index (κ2) is 4.24. The van der Waals surface area contributed by atoms with Gasteiger partial charge < -0.3 is 5.32 Å². The zero-order valence-corrected chi connectivity index (χ0v) is 10.8. The molecule has 2 aromatic rings. The summed E-state index contributed by atoms with van der Waals surface area (Å²) in [5.74, 6) is 0. The van der Waals surface area contributed by atoms with Gasteiger partial charge in [-0.25, -0.2) is 4.98 Å². The quantitative estimate of drug-likeness (QED) is 0.897. The molecule has 0 bridgehead atoms. The van der Waals surface area contributed by atoms with E-state index < -0.39 is 0 Å². The number of rotatable bonds is 3. The van der Waals surface area contributed by atoms with Crippen LogP contribution in [0.25, 0.3) is 0 Å². The van der Waals surface area contributed by atoms with Crippen LogP contribution in [0.2, 0.25) is 0 Å². The molecule has 1 saturated heterocycles. The molecule has 0 radical (unpaired) electrons. The van der Waals surface area contributed by atoms with Gasteiger partial charge in [-0.3, -0.25) is 0 Å². The Balaban J connectivity index is 1.92. The van der Waals surface area contributed by atoms with Crippen molar-refractivity contribution in [2.24, 2.45) is 0 Å². The molecule has 3 heteroatoms. The fourth-order valence-corrected chi connectivity index (χ4v) is 3.22. The lowest BCUT2D eigenvalue weighted by Crippen LogP contribution is -2.58. The Morgan fingerprint density at radius 1 is 1.41 bits per heavy atom. The number of nitrogens with one attached hydrogen (secondary N) is 1. The maximum atomic E-state index is 4.42. The molecule has 1 aromatic heterocycles. The van der Waals surface area contributed by atoms with Crippen LogP contribution in [0.15, 0.2) is 35.8 Å². The largest absolute Gasteiger partial charge is 0.315 e. The van der Waals surface area contributed by atoms with Crippen molar-refractivity contribution < 1.29 is 0 Å². The topological polar surface area (TPSA) is 24.9 Å². The summed E-state index contributed by atoms with van der Waals surface area (Å²) < 4.78 is 0. The van der Waals surface area contributed by atoms with Crippen molar-refractivity contribution in [2.75, 3.05) is 13.1 Å². The lowest BCUT2D eigenvalue weighted by atomic mass is 9.72. The molecule has 1 N–H and O–H groups in total. The smallest absolute Gasteiger partial charge is 0.0934 e. The SMILES string of the molecule is Cc1cccc(C2(Cc3nccs3)CNC2)c1. The molecule has 0 saturated carbocycles. The standard InChI is InChI=1S/C14H16N2S/c1-11-3-2-4-12(7-11)14(9-15-10-14)8-13-16-5-6-17-13/h2-7,15H,8-10H2,1H3. The number of aryl methyl sites for hydroxylation is 1. The Morgan fingerprint density at radius 2 is 2.29 bits per heavy atom. The Labute approximate surface area is 106 Å². The van der Waals surface area contributed by atoms with E-state index in [0.29, 0.717) is 0 Å². The van der Waals surface area contributed by atoms with Gasteiger partial charge in [0, 0.05) is 36.5 Å². The van der Waals surface area contributed by atoms with Crippen LogP contribution in [0.5, 0.6) is 0 Å². The minimum Gasteiger partial charge on any atom is -0.315 e. The molecule has 2 heterocycles. The molecule has 0 aliphatic carbocycles. The number of thiazole rings is 1. The van der Waals surface area contributed by atoms with Gasteiger partial charge in [0.15, 0.2) is 0 Å². The van der Waals surface area contributed by atoms with Crippen molar-refractivity contribution >= 4 is 11.3 Å². The second-order valence-electron chi connectivity index (χ2n) is 4.86. The molecule has 2 nitrogen and oxygen atoms in total. The first-order chi connectivity index (χ1) is 8.28. The van der Waals surface area contributed by atoms with E-state index in [1.165, 1.54) is 16.1 Å². The summed E-state index contributed by atoms with van der Waals surface area (Å²) in [5.41, 5.74) is 3.06. The van der Waals surface area contributed by atoms with Crippen molar-refractivity contribution in [3.05, 3.63) is 52.0 Å². The fraction of sp³-hybridized carbons (Fsp3) is 0.357. The van der Waals surface area contributed by atoms with Gasteiger partial charge in [0.05, 0.1) is 5.01 Å². The minimum atomic E-state index is 0.268. The second-order valence-corrected chi connectivity index (χ2v) is 5.84. The van der Waals surface area contributed by atoms with Crippen LogP contribution < -0.4 is 5.32 Å². The molecule has 1 aliphatic heterocycles.